The molecule has 144 valence electrons. The molecule has 0 aliphatic carbocycles. The van der Waals surface area contributed by atoms with Gasteiger partial charge in [-0.05, 0) is 30.7 Å². The van der Waals surface area contributed by atoms with E-state index >= 15 is 0 Å². The van der Waals surface area contributed by atoms with Gasteiger partial charge in [0.15, 0.2) is 0 Å². The summed E-state index contributed by atoms with van der Waals surface area (Å²) in [4.78, 5) is 29.0. The molecule has 0 spiro atoms. The molecule has 1 amide bonds. The minimum atomic E-state index is -0.507. The van der Waals surface area contributed by atoms with Crippen LogP contribution in [0, 0.1) is 17.0 Å². The Kier molecular flexibility index (Phi) is 5.69. The molecule has 3 aromatic rings. The van der Waals surface area contributed by atoms with E-state index in [9.17, 15) is 14.9 Å². The summed E-state index contributed by atoms with van der Waals surface area (Å²) in [6.07, 6.45) is 4.61. The van der Waals surface area contributed by atoms with Gasteiger partial charge in [-0.15, -0.1) is 0 Å². The molecule has 0 atom stereocenters. The largest absolute Gasteiger partial charge is 0.491 e. The van der Waals surface area contributed by atoms with Gasteiger partial charge in [-0.1, -0.05) is 18.2 Å². The van der Waals surface area contributed by atoms with Crippen LogP contribution in [0.5, 0.6) is 5.75 Å². The summed E-state index contributed by atoms with van der Waals surface area (Å²) in [5.74, 6) is 0.456. The number of likely N-dealkylation sites (N-methyl/N-ethyl adjacent to an activating group) is 1. The molecule has 3 rings (SSSR count). The van der Waals surface area contributed by atoms with Crippen molar-refractivity contribution >= 4 is 11.6 Å². The predicted octanol–water partition coefficient (Wildman–Crippen LogP) is 3.24. The Morgan fingerprint density at radius 1 is 1.29 bits per heavy atom. The molecule has 0 saturated carbocycles. The number of carbonyl (C=O) groups excluding carboxylic acids is 1. The number of hydrogen-bond donors (Lipinski definition) is 0. The second-order valence-electron chi connectivity index (χ2n) is 6.27. The lowest BCUT2D eigenvalue weighted by Crippen LogP contribution is -2.31. The Bertz CT molecular complexity index is 986. The third-order valence-electron chi connectivity index (χ3n) is 4.33. The molecule has 0 radical (unpaired) electrons. The summed E-state index contributed by atoms with van der Waals surface area (Å²) in [5, 5.41) is 11.4. The fourth-order valence-electron chi connectivity index (χ4n) is 2.76. The number of hydrogen-bond acceptors (Lipinski definition) is 5. The van der Waals surface area contributed by atoms with Gasteiger partial charge in [0.25, 0.3) is 11.6 Å². The Morgan fingerprint density at radius 3 is 2.75 bits per heavy atom. The first-order chi connectivity index (χ1) is 13.5. The second-order valence-corrected chi connectivity index (χ2v) is 6.27. The fraction of sp³-hybridized carbons (Fsp3) is 0.200. The fourth-order valence-corrected chi connectivity index (χ4v) is 2.76. The van der Waals surface area contributed by atoms with Crippen LogP contribution in [0.1, 0.15) is 15.9 Å². The van der Waals surface area contributed by atoms with Crippen LogP contribution in [0.15, 0.2) is 61.2 Å². The summed E-state index contributed by atoms with van der Waals surface area (Å²) in [7, 11) is 1.64. The number of amides is 1. The van der Waals surface area contributed by atoms with Crippen molar-refractivity contribution in [2.45, 2.75) is 6.92 Å². The molecule has 0 fully saturated rings. The van der Waals surface area contributed by atoms with Crippen molar-refractivity contribution in [3.05, 3.63) is 82.4 Å². The number of rotatable bonds is 7. The van der Waals surface area contributed by atoms with E-state index in [1.165, 1.54) is 28.1 Å². The smallest absolute Gasteiger partial charge is 0.294 e. The second kappa shape index (κ2) is 8.34. The Labute approximate surface area is 162 Å². The van der Waals surface area contributed by atoms with Crippen molar-refractivity contribution in [1.29, 1.82) is 0 Å². The van der Waals surface area contributed by atoms with Gasteiger partial charge in [0, 0.05) is 31.1 Å². The van der Waals surface area contributed by atoms with E-state index in [1.54, 1.807) is 25.4 Å². The van der Waals surface area contributed by atoms with E-state index in [1.807, 2.05) is 31.2 Å². The molecule has 8 heteroatoms. The normalized spacial score (nSPS) is 10.5. The molecule has 0 unspecified atom stereocenters. The molecule has 0 aliphatic heterocycles. The number of benzene rings is 2. The zero-order valence-corrected chi connectivity index (χ0v) is 15.6. The third-order valence-corrected chi connectivity index (χ3v) is 4.33. The lowest BCUT2D eigenvalue weighted by atomic mass is 10.1. The summed E-state index contributed by atoms with van der Waals surface area (Å²) >= 11 is 0. The lowest BCUT2D eigenvalue weighted by Gasteiger charge is -2.18. The first-order valence-corrected chi connectivity index (χ1v) is 8.68. The third kappa shape index (κ3) is 4.17. The number of aromatic nitrogens is 2. The van der Waals surface area contributed by atoms with Crippen molar-refractivity contribution in [2.75, 3.05) is 20.2 Å². The predicted molar refractivity (Wildman–Crippen MR) is 104 cm³/mol. The maximum absolute atomic E-state index is 12.7. The van der Waals surface area contributed by atoms with E-state index in [2.05, 4.69) is 4.98 Å². The van der Waals surface area contributed by atoms with Crippen LogP contribution in [0.3, 0.4) is 0 Å². The highest BCUT2D eigenvalue weighted by Crippen LogP contribution is 2.24. The average molecular weight is 380 g/mol. The van der Waals surface area contributed by atoms with Crippen LogP contribution in [0.2, 0.25) is 0 Å². The molecular formula is C20H20N4O4. The summed E-state index contributed by atoms with van der Waals surface area (Å²) < 4.78 is 7.24. The SMILES string of the molecule is Cc1ccccc1OCCN(C)C(=O)c1ccc(-n2ccnc2)c([N+](=O)[O-])c1. The highest BCUT2D eigenvalue weighted by Gasteiger charge is 2.20. The molecule has 0 aliphatic rings. The number of para-hydroxylation sites is 1. The number of nitrogens with zero attached hydrogens (tertiary/aromatic N) is 4. The zero-order chi connectivity index (χ0) is 20.1. The summed E-state index contributed by atoms with van der Waals surface area (Å²) in [6.45, 7) is 2.62. The first-order valence-electron chi connectivity index (χ1n) is 8.68. The van der Waals surface area contributed by atoms with Gasteiger partial charge in [0.1, 0.15) is 18.0 Å². The van der Waals surface area contributed by atoms with Crippen molar-refractivity contribution in [1.82, 2.24) is 14.5 Å². The van der Waals surface area contributed by atoms with E-state index in [0.717, 1.165) is 11.3 Å². The molecule has 8 nitrogen and oxygen atoms in total. The Balaban J connectivity index is 1.70. The Hall–Kier alpha value is -3.68. The first kappa shape index (κ1) is 19.1. The van der Waals surface area contributed by atoms with Crippen LogP contribution in [-0.4, -0.2) is 45.5 Å². The van der Waals surface area contributed by atoms with E-state index in [4.69, 9.17) is 4.74 Å². The maximum Gasteiger partial charge on any atom is 0.294 e. The molecular weight excluding hydrogens is 360 g/mol. The monoisotopic (exact) mass is 380 g/mol. The van der Waals surface area contributed by atoms with Gasteiger partial charge in [0.2, 0.25) is 0 Å². The average Bonchev–Trinajstić information content (AvgIpc) is 3.23. The van der Waals surface area contributed by atoms with Gasteiger partial charge >= 0.3 is 0 Å². The summed E-state index contributed by atoms with van der Waals surface area (Å²) in [5.41, 5.74) is 1.45. The lowest BCUT2D eigenvalue weighted by molar-refractivity contribution is -0.384. The number of aryl methyl sites for hydroxylation is 1. The van der Waals surface area contributed by atoms with Crippen LogP contribution in [-0.2, 0) is 0 Å². The summed E-state index contributed by atoms with van der Waals surface area (Å²) in [6, 6.07) is 12.0. The van der Waals surface area contributed by atoms with Crippen LogP contribution < -0.4 is 4.74 Å². The van der Waals surface area contributed by atoms with E-state index in [0.29, 0.717) is 18.8 Å². The maximum atomic E-state index is 12.7. The molecule has 2 aromatic carbocycles. The minimum absolute atomic E-state index is 0.159. The van der Waals surface area contributed by atoms with Crippen molar-refractivity contribution in [2.24, 2.45) is 0 Å². The number of nitro groups is 1. The Morgan fingerprint density at radius 2 is 2.07 bits per heavy atom. The highest BCUT2D eigenvalue weighted by molar-refractivity contribution is 5.95. The van der Waals surface area contributed by atoms with Crippen LogP contribution >= 0.6 is 0 Å². The number of imidazole rings is 1. The number of nitro benzene ring substituents is 1. The van der Waals surface area contributed by atoms with Gasteiger partial charge in [0.05, 0.1) is 17.8 Å². The van der Waals surface area contributed by atoms with E-state index < -0.39 is 4.92 Å². The molecule has 1 heterocycles. The van der Waals surface area contributed by atoms with Gasteiger partial charge in [-0.25, -0.2) is 4.98 Å². The number of carbonyl (C=O) groups is 1. The van der Waals surface area contributed by atoms with Gasteiger partial charge in [-0.3, -0.25) is 14.9 Å². The van der Waals surface area contributed by atoms with Crippen LogP contribution in [0.4, 0.5) is 5.69 Å². The topological polar surface area (TPSA) is 90.5 Å². The number of ether oxygens (including phenoxy) is 1. The molecule has 0 saturated heterocycles. The zero-order valence-electron chi connectivity index (χ0n) is 15.6. The van der Waals surface area contributed by atoms with Crippen molar-refractivity contribution < 1.29 is 14.5 Å². The molecule has 0 N–H and O–H groups in total. The quantitative estimate of drug-likeness (QED) is 0.464. The van der Waals surface area contributed by atoms with Crippen LogP contribution in [0.25, 0.3) is 5.69 Å². The standard InChI is InChI=1S/C20H20N4O4/c1-15-5-3-4-6-19(15)28-12-11-22(2)20(25)16-7-8-17(18(13-16)24(26)27)23-10-9-21-14-23/h3-10,13-14H,11-12H2,1-2H3. The molecule has 0 bridgehead atoms. The van der Waals surface area contributed by atoms with Gasteiger partial charge in [-0.2, -0.15) is 0 Å². The highest BCUT2D eigenvalue weighted by atomic mass is 16.6. The minimum Gasteiger partial charge on any atom is -0.491 e. The molecule has 1 aromatic heterocycles. The van der Waals surface area contributed by atoms with E-state index in [-0.39, 0.29) is 17.2 Å². The van der Waals surface area contributed by atoms with Crippen molar-refractivity contribution in [3.8, 4) is 11.4 Å². The van der Waals surface area contributed by atoms with Crippen molar-refractivity contribution in [3.63, 3.8) is 0 Å². The molecule has 28 heavy (non-hydrogen) atoms. The van der Waals surface area contributed by atoms with Gasteiger partial charge < -0.3 is 14.2 Å².